The number of furan rings is 1. The van der Waals surface area contributed by atoms with Gasteiger partial charge < -0.3 is 9.32 Å². The van der Waals surface area contributed by atoms with Crippen molar-refractivity contribution in [1.29, 1.82) is 0 Å². The fourth-order valence-electron chi connectivity index (χ4n) is 7.61. The first kappa shape index (κ1) is 28.4. The first-order valence-corrected chi connectivity index (χ1v) is 17.1. The maximum atomic E-state index is 6.65. The molecule has 1 heterocycles. The Kier molecular flexibility index (Phi) is 6.53. The number of benzene rings is 9. The molecule has 0 amide bonds. The maximum Gasteiger partial charge on any atom is 0.143 e. The summed E-state index contributed by atoms with van der Waals surface area (Å²) in [6, 6.07) is 67.5. The molecule has 0 saturated carbocycles. The Morgan fingerprint density at radius 3 is 1.86 bits per heavy atom. The highest BCUT2D eigenvalue weighted by molar-refractivity contribution is 6.19. The molecule has 9 aromatic carbocycles. The van der Waals surface area contributed by atoms with E-state index < -0.39 is 0 Å². The lowest BCUT2D eigenvalue weighted by Gasteiger charge is -2.27. The van der Waals surface area contributed by atoms with Gasteiger partial charge >= 0.3 is 0 Å². The van der Waals surface area contributed by atoms with Crippen molar-refractivity contribution in [2.75, 3.05) is 4.90 Å². The Morgan fingerprint density at radius 2 is 1.00 bits per heavy atom. The van der Waals surface area contributed by atoms with E-state index in [1.54, 1.807) is 0 Å². The SMILES string of the molecule is c1cc(-c2ccc3ccccc3c2)cc(N(c2ccc(-c3cccc4ccccc34)cc2)c2cccc3oc4c5ccccc5ccc4c23)c1. The second kappa shape index (κ2) is 11.5. The van der Waals surface area contributed by atoms with E-state index in [4.69, 9.17) is 4.42 Å². The minimum Gasteiger partial charge on any atom is -0.455 e. The molecule has 0 unspecified atom stereocenters. The van der Waals surface area contributed by atoms with Gasteiger partial charge in [-0.15, -0.1) is 0 Å². The Balaban J connectivity index is 1.18. The number of hydrogen-bond acceptors (Lipinski definition) is 2. The van der Waals surface area contributed by atoms with Crippen molar-refractivity contribution in [3.05, 3.63) is 188 Å². The van der Waals surface area contributed by atoms with Crippen molar-refractivity contribution in [2.24, 2.45) is 0 Å². The molecular weight excluding hydrogens is 607 g/mol. The van der Waals surface area contributed by atoms with E-state index >= 15 is 0 Å². The maximum absolute atomic E-state index is 6.65. The molecule has 0 saturated heterocycles. The Morgan fingerprint density at radius 1 is 0.360 bits per heavy atom. The van der Waals surface area contributed by atoms with Crippen molar-refractivity contribution in [2.45, 2.75) is 0 Å². The van der Waals surface area contributed by atoms with Crippen molar-refractivity contribution in [3.63, 3.8) is 0 Å². The molecule has 0 fully saturated rings. The van der Waals surface area contributed by atoms with Crippen LogP contribution in [0.3, 0.4) is 0 Å². The normalized spacial score (nSPS) is 11.6. The number of anilines is 3. The minimum absolute atomic E-state index is 0.872. The summed E-state index contributed by atoms with van der Waals surface area (Å²) >= 11 is 0. The average Bonchev–Trinajstić information content (AvgIpc) is 3.58. The predicted octanol–water partition coefficient (Wildman–Crippen LogP) is 13.8. The molecule has 0 aliphatic carbocycles. The fourth-order valence-corrected chi connectivity index (χ4v) is 7.61. The summed E-state index contributed by atoms with van der Waals surface area (Å²) in [4.78, 5) is 2.38. The predicted molar refractivity (Wildman–Crippen MR) is 212 cm³/mol. The van der Waals surface area contributed by atoms with Crippen molar-refractivity contribution < 1.29 is 4.42 Å². The van der Waals surface area contributed by atoms with E-state index in [9.17, 15) is 0 Å². The first-order valence-electron chi connectivity index (χ1n) is 17.1. The molecule has 0 radical (unpaired) electrons. The van der Waals surface area contributed by atoms with Crippen LogP contribution in [0.15, 0.2) is 192 Å². The van der Waals surface area contributed by atoms with Crippen LogP contribution in [0.5, 0.6) is 0 Å². The van der Waals surface area contributed by atoms with Gasteiger partial charge in [-0.05, 0) is 97.7 Å². The highest BCUT2D eigenvalue weighted by atomic mass is 16.3. The largest absolute Gasteiger partial charge is 0.455 e. The van der Waals surface area contributed by atoms with Crippen LogP contribution in [0.25, 0.3) is 76.5 Å². The summed E-state index contributed by atoms with van der Waals surface area (Å²) in [7, 11) is 0. The Bertz CT molecular complexity index is 2870. The van der Waals surface area contributed by atoms with Crippen LogP contribution >= 0.6 is 0 Å². The minimum atomic E-state index is 0.872. The van der Waals surface area contributed by atoms with E-state index in [0.717, 1.165) is 44.4 Å². The van der Waals surface area contributed by atoms with Crippen LogP contribution in [-0.4, -0.2) is 0 Å². The monoisotopic (exact) mass is 637 g/mol. The van der Waals surface area contributed by atoms with Gasteiger partial charge in [0.05, 0.1) is 11.1 Å². The standard InChI is InChI=1S/C48H31NO/c1-2-13-36-30-38(23-22-32(36)10-1)37-15-7-16-40(31-37)49(39-27-24-35(25-28-39)42-19-8-14-33-11-3-5-17-41(33)42)45-20-9-21-46-47(45)44-29-26-34-12-4-6-18-43(34)48(44)50-46/h1-31H. The van der Waals surface area contributed by atoms with Crippen LogP contribution in [0.4, 0.5) is 17.1 Å². The second-order valence-corrected chi connectivity index (χ2v) is 12.9. The van der Waals surface area contributed by atoms with Crippen LogP contribution in [-0.2, 0) is 0 Å². The third-order valence-electron chi connectivity index (χ3n) is 10.0. The van der Waals surface area contributed by atoms with Gasteiger partial charge in [-0.25, -0.2) is 0 Å². The van der Waals surface area contributed by atoms with Gasteiger partial charge in [-0.3, -0.25) is 0 Å². The topological polar surface area (TPSA) is 16.4 Å². The van der Waals surface area contributed by atoms with Gasteiger partial charge in [0, 0.05) is 22.1 Å². The van der Waals surface area contributed by atoms with E-state index in [2.05, 4.69) is 193 Å². The molecule has 10 aromatic rings. The molecule has 10 rings (SSSR count). The van der Waals surface area contributed by atoms with Crippen LogP contribution in [0, 0.1) is 0 Å². The number of fused-ring (bicyclic) bond motifs is 7. The zero-order valence-corrected chi connectivity index (χ0v) is 27.3. The average molecular weight is 638 g/mol. The molecule has 50 heavy (non-hydrogen) atoms. The molecule has 0 aliphatic heterocycles. The number of hydrogen-bond donors (Lipinski definition) is 0. The Hall–Kier alpha value is -6.64. The smallest absolute Gasteiger partial charge is 0.143 e. The van der Waals surface area contributed by atoms with Gasteiger partial charge in [0.2, 0.25) is 0 Å². The molecule has 0 atom stereocenters. The van der Waals surface area contributed by atoms with E-state index in [1.165, 1.54) is 49.2 Å². The van der Waals surface area contributed by atoms with E-state index in [1.807, 2.05) is 0 Å². The van der Waals surface area contributed by atoms with E-state index in [0.29, 0.717) is 0 Å². The van der Waals surface area contributed by atoms with Crippen LogP contribution in [0.2, 0.25) is 0 Å². The summed E-state index contributed by atoms with van der Waals surface area (Å²) in [5, 5.41) is 9.47. The summed E-state index contributed by atoms with van der Waals surface area (Å²) in [6.45, 7) is 0. The molecule has 2 nitrogen and oxygen atoms in total. The second-order valence-electron chi connectivity index (χ2n) is 12.9. The number of nitrogens with zero attached hydrogens (tertiary/aromatic N) is 1. The summed E-state index contributed by atoms with van der Waals surface area (Å²) in [5.74, 6) is 0. The lowest BCUT2D eigenvalue weighted by Crippen LogP contribution is -2.10. The molecule has 1 aromatic heterocycles. The molecular formula is C48H31NO. The molecule has 0 bridgehead atoms. The first-order chi connectivity index (χ1) is 24.8. The summed E-state index contributed by atoms with van der Waals surface area (Å²) in [5.41, 5.74) is 9.80. The highest BCUT2D eigenvalue weighted by Crippen LogP contribution is 2.45. The number of rotatable bonds is 5. The van der Waals surface area contributed by atoms with Gasteiger partial charge in [0.1, 0.15) is 11.2 Å². The quantitative estimate of drug-likeness (QED) is 0.187. The Labute approximate surface area is 290 Å². The van der Waals surface area contributed by atoms with Gasteiger partial charge in [-0.1, -0.05) is 140 Å². The summed E-state index contributed by atoms with van der Waals surface area (Å²) < 4.78 is 6.65. The lowest BCUT2D eigenvalue weighted by atomic mass is 9.97. The highest BCUT2D eigenvalue weighted by Gasteiger charge is 2.21. The summed E-state index contributed by atoms with van der Waals surface area (Å²) in [6.07, 6.45) is 0. The third kappa shape index (κ3) is 4.65. The van der Waals surface area contributed by atoms with E-state index in [-0.39, 0.29) is 0 Å². The van der Waals surface area contributed by atoms with Crippen molar-refractivity contribution in [3.8, 4) is 22.3 Å². The van der Waals surface area contributed by atoms with Crippen molar-refractivity contribution >= 4 is 71.3 Å². The molecule has 2 heteroatoms. The lowest BCUT2D eigenvalue weighted by molar-refractivity contribution is 0.672. The van der Waals surface area contributed by atoms with Gasteiger partial charge in [-0.2, -0.15) is 0 Å². The third-order valence-corrected chi connectivity index (χ3v) is 10.0. The molecule has 0 N–H and O–H groups in total. The fraction of sp³-hybridized carbons (Fsp3) is 0. The molecule has 0 aliphatic rings. The van der Waals surface area contributed by atoms with Crippen LogP contribution in [0.1, 0.15) is 0 Å². The van der Waals surface area contributed by atoms with Gasteiger partial charge in [0.15, 0.2) is 0 Å². The molecule has 234 valence electrons. The zero-order valence-electron chi connectivity index (χ0n) is 27.3. The van der Waals surface area contributed by atoms with Crippen LogP contribution < -0.4 is 4.90 Å². The zero-order chi connectivity index (χ0) is 33.0. The van der Waals surface area contributed by atoms with Crippen molar-refractivity contribution in [1.82, 2.24) is 0 Å². The molecule has 0 spiro atoms. The van der Waals surface area contributed by atoms with Gasteiger partial charge in [0.25, 0.3) is 0 Å².